The molecule has 2 saturated heterocycles. The second kappa shape index (κ2) is 4.43. The van der Waals surface area contributed by atoms with Crippen LogP contribution in [0.4, 0.5) is 13.2 Å². The Morgan fingerprint density at radius 3 is 2.89 bits per heavy atom. The Kier molecular flexibility index (Phi) is 3.11. The predicted octanol–water partition coefficient (Wildman–Crippen LogP) is 2.61. The molecule has 2 aliphatic rings. The third-order valence-electron chi connectivity index (χ3n) is 4.09. The van der Waals surface area contributed by atoms with Gasteiger partial charge in [-0.1, -0.05) is 0 Å². The van der Waals surface area contributed by atoms with Gasteiger partial charge in [0.15, 0.2) is 5.01 Å². The van der Waals surface area contributed by atoms with E-state index in [4.69, 9.17) is 0 Å². The minimum Gasteiger partial charge on any atom is -0.384 e. The number of piperidine rings is 1. The van der Waals surface area contributed by atoms with Crippen molar-refractivity contribution in [2.45, 2.75) is 43.5 Å². The van der Waals surface area contributed by atoms with Crippen molar-refractivity contribution < 1.29 is 18.3 Å². The molecular formula is C12H15F3N2OS. The Morgan fingerprint density at radius 2 is 2.21 bits per heavy atom. The van der Waals surface area contributed by atoms with Crippen molar-refractivity contribution in [2.75, 3.05) is 13.1 Å². The molecule has 0 aliphatic carbocycles. The van der Waals surface area contributed by atoms with Crippen molar-refractivity contribution in [3.8, 4) is 0 Å². The first-order valence-electron chi connectivity index (χ1n) is 6.38. The Balaban J connectivity index is 1.82. The summed E-state index contributed by atoms with van der Waals surface area (Å²) in [5.41, 5.74) is -1.13. The van der Waals surface area contributed by atoms with Crippen molar-refractivity contribution in [1.29, 1.82) is 0 Å². The summed E-state index contributed by atoms with van der Waals surface area (Å²) < 4.78 is 37.7. The highest BCUT2D eigenvalue weighted by Crippen LogP contribution is 2.43. The number of rotatable bonds is 1. The van der Waals surface area contributed by atoms with E-state index in [1.807, 2.05) is 0 Å². The van der Waals surface area contributed by atoms with E-state index in [0.717, 1.165) is 25.9 Å². The van der Waals surface area contributed by atoms with Gasteiger partial charge in [0.05, 0.1) is 4.88 Å². The van der Waals surface area contributed by atoms with Gasteiger partial charge < -0.3 is 10.0 Å². The highest BCUT2D eigenvalue weighted by Gasteiger charge is 2.44. The van der Waals surface area contributed by atoms with Gasteiger partial charge in [-0.2, -0.15) is 13.2 Å². The maximum atomic E-state index is 12.6. The van der Waals surface area contributed by atoms with Gasteiger partial charge in [0.2, 0.25) is 0 Å². The first-order valence-corrected chi connectivity index (χ1v) is 7.20. The first-order chi connectivity index (χ1) is 8.88. The summed E-state index contributed by atoms with van der Waals surface area (Å²) in [7, 11) is 0. The molecule has 0 spiro atoms. The number of aliphatic hydroxyl groups is 1. The van der Waals surface area contributed by atoms with E-state index in [2.05, 4.69) is 9.88 Å². The van der Waals surface area contributed by atoms with E-state index >= 15 is 0 Å². The van der Waals surface area contributed by atoms with Crippen LogP contribution in [0.5, 0.6) is 0 Å². The number of hydrogen-bond donors (Lipinski definition) is 1. The molecule has 19 heavy (non-hydrogen) atoms. The quantitative estimate of drug-likeness (QED) is 0.864. The molecule has 1 N–H and O–H groups in total. The number of fused-ring (bicyclic) bond motifs is 1. The van der Waals surface area contributed by atoms with Crippen LogP contribution < -0.4 is 0 Å². The standard InChI is InChI=1S/C12H15F3N2OS/c13-12(14,15)10-16-7-9(19-10)11(18)3-5-17-4-1-2-8(17)6-11/h7-8,18H,1-6H2. The van der Waals surface area contributed by atoms with Crippen LogP contribution >= 0.6 is 11.3 Å². The number of nitrogens with zero attached hydrogens (tertiary/aromatic N) is 2. The normalized spacial score (nSPS) is 32.5. The summed E-state index contributed by atoms with van der Waals surface area (Å²) in [5.74, 6) is 0. The van der Waals surface area contributed by atoms with Crippen LogP contribution in [0.25, 0.3) is 0 Å². The molecule has 2 unspecified atom stereocenters. The van der Waals surface area contributed by atoms with Crippen LogP contribution in [0.1, 0.15) is 35.6 Å². The topological polar surface area (TPSA) is 36.4 Å². The Hall–Kier alpha value is -0.660. The molecule has 2 fully saturated rings. The first kappa shape index (κ1) is 13.3. The number of aromatic nitrogens is 1. The van der Waals surface area contributed by atoms with E-state index in [1.54, 1.807) is 0 Å². The number of alkyl halides is 3. The molecule has 3 rings (SSSR count). The summed E-state index contributed by atoms with van der Waals surface area (Å²) >= 11 is 0.575. The fourth-order valence-corrected chi connectivity index (χ4v) is 4.00. The van der Waals surface area contributed by atoms with E-state index < -0.39 is 16.8 Å². The fraction of sp³-hybridized carbons (Fsp3) is 0.750. The Bertz CT molecular complexity index is 476. The van der Waals surface area contributed by atoms with Gasteiger partial charge in [0, 0.05) is 18.8 Å². The van der Waals surface area contributed by atoms with Gasteiger partial charge in [-0.15, -0.1) is 11.3 Å². The number of halogens is 3. The van der Waals surface area contributed by atoms with Gasteiger partial charge in [-0.05, 0) is 32.2 Å². The summed E-state index contributed by atoms with van der Waals surface area (Å²) in [6.45, 7) is 1.79. The van der Waals surface area contributed by atoms with Crippen LogP contribution in [0.2, 0.25) is 0 Å². The second-order valence-corrected chi connectivity index (χ2v) is 6.38. The van der Waals surface area contributed by atoms with Crippen LogP contribution in [0.15, 0.2) is 6.20 Å². The molecule has 0 radical (unpaired) electrons. The zero-order valence-corrected chi connectivity index (χ0v) is 11.1. The molecule has 1 aromatic heterocycles. The number of thiazole rings is 1. The molecule has 0 bridgehead atoms. The average Bonchev–Trinajstić information content (AvgIpc) is 2.96. The zero-order valence-electron chi connectivity index (χ0n) is 10.3. The van der Waals surface area contributed by atoms with Crippen LogP contribution in [0.3, 0.4) is 0 Å². The SMILES string of the molecule is OC1(c2cnc(C(F)(F)F)s2)CCN2CCCC2C1. The molecule has 7 heteroatoms. The van der Waals surface area contributed by atoms with Crippen molar-refractivity contribution >= 4 is 11.3 Å². The van der Waals surface area contributed by atoms with Gasteiger partial charge in [-0.25, -0.2) is 4.98 Å². The molecule has 0 saturated carbocycles. The van der Waals surface area contributed by atoms with Gasteiger partial charge in [-0.3, -0.25) is 0 Å². The van der Waals surface area contributed by atoms with Crippen molar-refractivity contribution in [3.63, 3.8) is 0 Å². The number of hydrogen-bond acceptors (Lipinski definition) is 4. The highest BCUT2D eigenvalue weighted by molar-refractivity contribution is 7.11. The van der Waals surface area contributed by atoms with Crippen LogP contribution in [0, 0.1) is 0 Å². The molecule has 1 aromatic rings. The van der Waals surface area contributed by atoms with Crippen molar-refractivity contribution in [1.82, 2.24) is 9.88 Å². The highest BCUT2D eigenvalue weighted by atomic mass is 32.1. The molecule has 0 amide bonds. The lowest BCUT2D eigenvalue weighted by Crippen LogP contribution is -2.45. The molecule has 2 atom stereocenters. The third-order valence-corrected chi connectivity index (χ3v) is 5.33. The molecule has 2 aliphatic heterocycles. The van der Waals surface area contributed by atoms with Crippen molar-refractivity contribution in [2.24, 2.45) is 0 Å². The van der Waals surface area contributed by atoms with E-state index in [1.165, 1.54) is 6.20 Å². The summed E-state index contributed by atoms with van der Waals surface area (Å²) in [5, 5.41) is 9.77. The largest absolute Gasteiger partial charge is 0.443 e. The fourth-order valence-electron chi connectivity index (χ4n) is 3.09. The lowest BCUT2D eigenvalue weighted by atomic mass is 9.86. The van der Waals surface area contributed by atoms with Crippen LogP contribution in [-0.4, -0.2) is 34.1 Å². The summed E-state index contributed by atoms with van der Waals surface area (Å²) in [4.78, 5) is 6.09. The zero-order chi connectivity index (χ0) is 13.7. The molecule has 106 valence electrons. The van der Waals surface area contributed by atoms with Gasteiger partial charge in [0.25, 0.3) is 0 Å². The molecule has 0 aromatic carbocycles. The molecule has 3 heterocycles. The van der Waals surface area contributed by atoms with Crippen LogP contribution in [-0.2, 0) is 11.8 Å². The smallest absolute Gasteiger partial charge is 0.384 e. The van der Waals surface area contributed by atoms with Gasteiger partial charge in [0.1, 0.15) is 5.60 Å². The second-order valence-electron chi connectivity index (χ2n) is 5.35. The van der Waals surface area contributed by atoms with E-state index in [9.17, 15) is 18.3 Å². The van der Waals surface area contributed by atoms with E-state index in [0.29, 0.717) is 35.1 Å². The van der Waals surface area contributed by atoms with Crippen molar-refractivity contribution in [3.05, 3.63) is 16.1 Å². The molecule has 3 nitrogen and oxygen atoms in total. The molecular weight excluding hydrogens is 277 g/mol. The minimum absolute atomic E-state index is 0.301. The Labute approximate surface area is 113 Å². The lowest BCUT2D eigenvalue weighted by Gasteiger charge is -2.40. The monoisotopic (exact) mass is 292 g/mol. The minimum atomic E-state index is -4.42. The van der Waals surface area contributed by atoms with E-state index in [-0.39, 0.29) is 0 Å². The average molecular weight is 292 g/mol. The predicted molar refractivity (Wildman–Crippen MR) is 64.8 cm³/mol. The summed E-state index contributed by atoms with van der Waals surface area (Å²) in [6, 6.07) is 0.301. The third kappa shape index (κ3) is 2.39. The lowest BCUT2D eigenvalue weighted by molar-refractivity contribution is -0.137. The Morgan fingerprint density at radius 1 is 1.42 bits per heavy atom. The maximum absolute atomic E-state index is 12.6. The van der Waals surface area contributed by atoms with Gasteiger partial charge >= 0.3 is 6.18 Å². The maximum Gasteiger partial charge on any atom is 0.443 e. The summed E-state index contributed by atoms with van der Waals surface area (Å²) in [6.07, 6.45) is -0.0919.